The Balaban J connectivity index is 2.26. The van der Waals surface area contributed by atoms with Crippen LogP contribution < -0.4 is 11.1 Å². The summed E-state index contributed by atoms with van der Waals surface area (Å²) in [6, 6.07) is 13.1. The van der Waals surface area contributed by atoms with Gasteiger partial charge in [0, 0.05) is 11.8 Å². The second-order valence-corrected chi connectivity index (χ2v) is 3.70. The normalized spacial score (nSPS) is 11.3. The maximum atomic E-state index is 12.4. The second-order valence-electron chi connectivity index (χ2n) is 3.70. The number of rotatable bonds is 2. The highest BCUT2D eigenvalue weighted by molar-refractivity contribution is 5.73. The van der Waals surface area contributed by atoms with E-state index in [-0.39, 0.29) is 5.69 Å². The van der Waals surface area contributed by atoms with Crippen LogP contribution in [0.1, 0.15) is 5.56 Å². The molecular weight excluding hydrogens is 241 g/mol. The largest absolute Gasteiger partial charge is 0.416 e. The Kier molecular flexibility index (Phi) is 3.14. The van der Waals surface area contributed by atoms with Gasteiger partial charge >= 0.3 is 6.18 Å². The van der Waals surface area contributed by atoms with Crippen LogP contribution in [0.4, 0.5) is 30.2 Å². The fraction of sp³-hybridized carbons (Fsp3) is 0.0769. The van der Waals surface area contributed by atoms with Crippen molar-refractivity contribution in [1.82, 2.24) is 0 Å². The van der Waals surface area contributed by atoms with Gasteiger partial charge in [0.2, 0.25) is 0 Å². The molecule has 2 aromatic rings. The van der Waals surface area contributed by atoms with Crippen LogP contribution in [0.15, 0.2) is 42.5 Å². The molecule has 0 aliphatic carbocycles. The molecule has 2 rings (SSSR count). The molecule has 0 aromatic heterocycles. The van der Waals surface area contributed by atoms with E-state index in [0.29, 0.717) is 11.4 Å². The third-order valence-corrected chi connectivity index (χ3v) is 2.36. The lowest BCUT2D eigenvalue weighted by atomic mass is 10.1. The highest BCUT2D eigenvalue weighted by Gasteiger charge is 2.30. The summed E-state index contributed by atoms with van der Waals surface area (Å²) in [5.74, 6) is 0. The maximum absolute atomic E-state index is 12.4. The van der Waals surface area contributed by atoms with E-state index < -0.39 is 11.7 Å². The summed E-state index contributed by atoms with van der Waals surface area (Å²) in [5.41, 5.74) is 5.94. The first-order valence-corrected chi connectivity index (χ1v) is 5.17. The predicted octanol–water partition coefficient (Wildman–Crippen LogP) is 3.83. The number of nitrogens with one attached hydrogen (secondary N) is 1. The first-order chi connectivity index (χ1) is 8.47. The molecule has 0 saturated carbocycles. The number of anilines is 3. The third-order valence-electron chi connectivity index (χ3n) is 2.36. The molecule has 0 unspecified atom stereocenters. The molecule has 0 heterocycles. The molecule has 0 saturated heterocycles. The Morgan fingerprint density at radius 1 is 1.11 bits per heavy atom. The molecule has 3 N–H and O–H groups in total. The molecule has 18 heavy (non-hydrogen) atoms. The monoisotopic (exact) mass is 251 g/mol. The van der Waals surface area contributed by atoms with Gasteiger partial charge in [-0.15, -0.1) is 0 Å². The van der Waals surface area contributed by atoms with E-state index in [1.165, 1.54) is 6.07 Å². The van der Waals surface area contributed by atoms with Crippen molar-refractivity contribution in [1.29, 1.82) is 0 Å². The van der Waals surface area contributed by atoms with Crippen molar-refractivity contribution in [2.24, 2.45) is 0 Å². The van der Waals surface area contributed by atoms with Crippen molar-refractivity contribution < 1.29 is 13.2 Å². The summed E-state index contributed by atoms with van der Waals surface area (Å²) in [4.78, 5) is 0. The van der Waals surface area contributed by atoms with E-state index in [2.05, 4.69) is 11.4 Å². The predicted molar refractivity (Wildman–Crippen MR) is 64.4 cm³/mol. The van der Waals surface area contributed by atoms with E-state index in [1.807, 2.05) is 0 Å². The zero-order chi connectivity index (χ0) is 13.2. The lowest BCUT2D eigenvalue weighted by Crippen LogP contribution is -2.06. The van der Waals surface area contributed by atoms with E-state index in [0.717, 1.165) is 12.1 Å². The van der Waals surface area contributed by atoms with E-state index in [1.54, 1.807) is 24.3 Å². The number of halogens is 3. The van der Waals surface area contributed by atoms with Crippen LogP contribution >= 0.6 is 0 Å². The van der Waals surface area contributed by atoms with E-state index in [4.69, 9.17) is 5.73 Å². The van der Waals surface area contributed by atoms with Crippen LogP contribution in [0, 0.1) is 6.07 Å². The summed E-state index contributed by atoms with van der Waals surface area (Å²) in [7, 11) is 0. The number of nitrogen functional groups attached to an aromatic ring is 1. The molecule has 0 amide bonds. The minimum Gasteiger partial charge on any atom is -0.397 e. The van der Waals surface area contributed by atoms with Gasteiger partial charge in [-0.25, -0.2) is 0 Å². The summed E-state index contributed by atoms with van der Waals surface area (Å²) < 4.78 is 37.3. The van der Waals surface area contributed by atoms with Gasteiger partial charge < -0.3 is 11.1 Å². The van der Waals surface area contributed by atoms with Crippen LogP contribution in [0.25, 0.3) is 0 Å². The SMILES string of the molecule is Nc1cc(C(F)(F)F)ccc1Nc1[c]cccc1. The molecular formula is C13H10F3N2. The average molecular weight is 251 g/mol. The highest BCUT2D eigenvalue weighted by atomic mass is 19.4. The Hall–Kier alpha value is -2.17. The highest BCUT2D eigenvalue weighted by Crippen LogP contribution is 2.33. The van der Waals surface area contributed by atoms with Crippen molar-refractivity contribution in [2.45, 2.75) is 6.18 Å². The molecule has 0 fully saturated rings. The minimum atomic E-state index is -4.38. The van der Waals surface area contributed by atoms with Crippen molar-refractivity contribution in [3.63, 3.8) is 0 Å². The lowest BCUT2D eigenvalue weighted by Gasteiger charge is -2.12. The van der Waals surface area contributed by atoms with Gasteiger partial charge in [0.25, 0.3) is 0 Å². The molecule has 0 aliphatic heterocycles. The van der Waals surface area contributed by atoms with Crippen molar-refractivity contribution >= 4 is 17.1 Å². The van der Waals surface area contributed by atoms with Crippen LogP contribution in [0.2, 0.25) is 0 Å². The summed E-state index contributed by atoms with van der Waals surface area (Å²) in [6.07, 6.45) is -4.38. The maximum Gasteiger partial charge on any atom is 0.416 e. The molecule has 1 radical (unpaired) electrons. The van der Waals surface area contributed by atoms with E-state index in [9.17, 15) is 13.2 Å². The molecule has 5 heteroatoms. The standard InChI is InChI=1S/C13H10F3N2/c14-13(15,16)9-6-7-12(11(17)8-9)18-10-4-2-1-3-5-10/h1-4,6-8,18H,17H2. The first kappa shape index (κ1) is 12.3. The quantitative estimate of drug-likeness (QED) is 0.796. The van der Waals surface area contributed by atoms with Crippen LogP contribution in [0.3, 0.4) is 0 Å². The Morgan fingerprint density at radius 3 is 2.44 bits per heavy atom. The van der Waals surface area contributed by atoms with Gasteiger partial charge in [0.05, 0.1) is 16.9 Å². The molecule has 2 nitrogen and oxygen atoms in total. The molecule has 0 spiro atoms. The van der Waals surface area contributed by atoms with Gasteiger partial charge in [0.15, 0.2) is 0 Å². The van der Waals surface area contributed by atoms with Crippen molar-refractivity contribution in [2.75, 3.05) is 11.1 Å². The Labute approximate surface area is 102 Å². The van der Waals surface area contributed by atoms with Crippen molar-refractivity contribution in [3.05, 3.63) is 54.1 Å². The number of nitrogens with two attached hydrogens (primary N) is 1. The van der Waals surface area contributed by atoms with Crippen LogP contribution in [0.5, 0.6) is 0 Å². The smallest absolute Gasteiger partial charge is 0.397 e. The third kappa shape index (κ3) is 2.74. The lowest BCUT2D eigenvalue weighted by molar-refractivity contribution is -0.137. The molecule has 0 aliphatic rings. The van der Waals surface area contributed by atoms with Gasteiger partial charge in [-0.3, -0.25) is 0 Å². The van der Waals surface area contributed by atoms with Crippen LogP contribution in [-0.2, 0) is 6.18 Å². The number of hydrogen-bond acceptors (Lipinski definition) is 2. The fourth-order valence-electron chi connectivity index (χ4n) is 1.47. The summed E-state index contributed by atoms with van der Waals surface area (Å²) >= 11 is 0. The number of para-hydroxylation sites is 1. The van der Waals surface area contributed by atoms with Gasteiger partial charge in [0.1, 0.15) is 0 Å². The Morgan fingerprint density at radius 2 is 1.89 bits per heavy atom. The molecule has 0 bridgehead atoms. The van der Waals surface area contributed by atoms with Gasteiger partial charge in [-0.2, -0.15) is 13.2 Å². The van der Waals surface area contributed by atoms with Crippen LogP contribution in [-0.4, -0.2) is 0 Å². The first-order valence-electron chi connectivity index (χ1n) is 5.17. The number of benzene rings is 2. The minimum absolute atomic E-state index is 0.0436. The summed E-state index contributed by atoms with van der Waals surface area (Å²) in [5, 5.41) is 2.90. The average Bonchev–Trinajstić information content (AvgIpc) is 2.32. The van der Waals surface area contributed by atoms with Gasteiger partial charge in [-0.1, -0.05) is 18.2 Å². The zero-order valence-electron chi connectivity index (χ0n) is 9.25. The van der Waals surface area contributed by atoms with Gasteiger partial charge in [-0.05, 0) is 24.3 Å². The number of hydrogen-bond donors (Lipinski definition) is 2. The molecule has 0 atom stereocenters. The van der Waals surface area contributed by atoms with Crippen molar-refractivity contribution in [3.8, 4) is 0 Å². The fourth-order valence-corrected chi connectivity index (χ4v) is 1.47. The number of alkyl halides is 3. The zero-order valence-corrected chi connectivity index (χ0v) is 9.25. The summed E-state index contributed by atoms with van der Waals surface area (Å²) in [6.45, 7) is 0. The molecule has 93 valence electrons. The Bertz CT molecular complexity index is 536. The molecule has 2 aromatic carbocycles. The topological polar surface area (TPSA) is 38.0 Å². The second kappa shape index (κ2) is 4.60. The van der Waals surface area contributed by atoms with E-state index >= 15 is 0 Å².